The van der Waals surface area contributed by atoms with Crippen molar-refractivity contribution in [2.45, 2.75) is 25.0 Å². The van der Waals surface area contributed by atoms with Crippen LogP contribution in [0.3, 0.4) is 0 Å². The molecule has 2 unspecified atom stereocenters. The molecule has 0 saturated heterocycles. The van der Waals surface area contributed by atoms with Gasteiger partial charge in [-0.25, -0.2) is 18.4 Å². The Kier molecular flexibility index (Phi) is 4.66. The van der Waals surface area contributed by atoms with E-state index in [1.54, 1.807) is 20.1 Å². The minimum Gasteiger partial charge on any atom is -0.743 e. The van der Waals surface area contributed by atoms with E-state index in [4.69, 9.17) is 5.73 Å². The second-order valence-electron chi connectivity index (χ2n) is 4.90. The van der Waals surface area contributed by atoms with Crippen LogP contribution >= 0.6 is 0 Å². The van der Waals surface area contributed by atoms with E-state index in [2.05, 4.69) is 9.97 Å². The lowest BCUT2D eigenvalue weighted by molar-refractivity contribution is 0.301. The lowest BCUT2D eigenvalue weighted by Crippen LogP contribution is -2.41. The third kappa shape index (κ3) is 2.91. The Morgan fingerprint density at radius 2 is 2.14 bits per heavy atom. The van der Waals surface area contributed by atoms with Crippen molar-refractivity contribution in [3.05, 3.63) is 22.6 Å². The Labute approximate surface area is 132 Å². The molecule has 1 aromatic rings. The van der Waals surface area contributed by atoms with Gasteiger partial charge in [0, 0.05) is 6.42 Å². The van der Waals surface area contributed by atoms with Crippen LogP contribution in [0.4, 0.5) is 11.5 Å². The van der Waals surface area contributed by atoms with Crippen molar-refractivity contribution in [2.24, 2.45) is 0 Å². The van der Waals surface area contributed by atoms with Crippen molar-refractivity contribution >= 4 is 32.5 Å². The molecule has 1 aliphatic heterocycles. The van der Waals surface area contributed by atoms with Gasteiger partial charge in [-0.05, 0) is 13.8 Å². The predicted molar refractivity (Wildman–Crippen MR) is 84.8 cm³/mol. The first-order valence-corrected chi connectivity index (χ1v) is 9.63. The van der Waals surface area contributed by atoms with E-state index >= 15 is 0 Å². The molecular weight excluding hydrogens is 328 g/mol. The summed E-state index contributed by atoms with van der Waals surface area (Å²) in [6, 6.07) is 0. The summed E-state index contributed by atoms with van der Waals surface area (Å²) in [5.74, 6) is 0.567. The van der Waals surface area contributed by atoms with E-state index < -0.39 is 25.7 Å². The van der Waals surface area contributed by atoms with Gasteiger partial charge in [0.1, 0.15) is 17.8 Å². The molecular formula is C12H18N4O4S2. The lowest BCUT2D eigenvalue weighted by atomic mass is 10.3. The Morgan fingerprint density at radius 1 is 1.50 bits per heavy atom. The molecule has 0 amide bonds. The highest BCUT2D eigenvalue weighted by Gasteiger charge is 2.50. The molecule has 10 heteroatoms. The normalized spacial score (nSPS) is 22.5. The third-order valence-corrected chi connectivity index (χ3v) is 7.80. The number of allylic oxidation sites excluding steroid dienone is 1. The van der Waals surface area contributed by atoms with Crippen LogP contribution in [0.25, 0.3) is 0 Å². The van der Waals surface area contributed by atoms with Crippen molar-refractivity contribution < 1.29 is 18.1 Å². The Morgan fingerprint density at radius 3 is 2.64 bits per heavy atom. The van der Waals surface area contributed by atoms with Gasteiger partial charge in [0.15, 0.2) is 20.8 Å². The van der Waals surface area contributed by atoms with Crippen LogP contribution in [-0.4, -0.2) is 45.6 Å². The molecule has 0 spiro atoms. The molecule has 0 bridgehead atoms. The van der Waals surface area contributed by atoms with Gasteiger partial charge in [0.25, 0.3) is 4.71 Å². The molecule has 2 heterocycles. The summed E-state index contributed by atoms with van der Waals surface area (Å²) >= 11 is 0. The SMILES string of the molecule is CC1=C(CCO)[S+](C)C(S(=O)(=O)[O-])N1c1cnc(C)nc1N. The molecule has 1 aliphatic rings. The van der Waals surface area contributed by atoms with Gasteiger partial charge in [-0.2, -0.15) is 0 Å². The number of nitrogen functional groups attached to an aromatic ring is 1. The van der Waals surface area contributed by atoms with Crippen molar-refractivity contribution in [3.63, 3.8) is 0 Å². The average molecular weight is 346 g/mol. The highest BCUT2D eigenvalue weighted by atomic mass is 32.3. The molecule has 3 N–H and O–H groups in total. The largest absolute Gasteiger partial charge is 0.743 e. The first-order valence-electron chi connectivity index (χ1n) is 6.47. The summed E-state index contributed by atoms with van der Waals surface area (Å²) < 4.78 is 33.9. The summed E-state index contributed by atoms with van der Waals surface area (Å²) in [4.78, 5) is 10.2. The fraction of sp³-hybridized carbons (Fsp3) is 0.500. The zero-order valence-corrected chi connectivity index (χ0v) is 14.1. The molecule has 1 aromatic heterocycles. The monoisotopic (exact) mass is 346 g/mol. The zero-order chi connectivity index (χ0) is 16.7. The molecule has 2 atom stereocenters. The maximum Gasteiger partial charge on any atom is 0.289 e. The van der Waals surface area contributed by atoms with E-state index in [-0.39, 0.29) is 12.4 Å². The van der Waals surface area contributed by atoms with Crippen LogP contribution in [0.15, 0.2) is 16.8 Å². The average Bonchev–Trinajstić information content (AvgIpc) is 2.63. The summed E-state index contributed by atoms with van der Waals surface area (Å²) in [7, 11) is -5.46. The standard InChI is InChI=1S/C12H18N4O4S2/c1-7-10(4-5-17)21(3)12(22(18,19)20)16(7)9-6-14-8(2)15-11(9)13/h6,12,17H,4-5H2,1-3H3,(H2-,13,14,15,18,19,20). The van der Waals surface area contributed by atoms with Gasteiger partial charge >= 0.3 is 0 Å². The molecule has 22 heavy (non-hydrogen) atoms. The van der Waals surface area contributed by atoms with Gasteiger partial charge in [0.2, 0.25) is 0 Å². The van der Waals surface area contributed by atoms with Crippen LogP contribution in [-0.2, 0) is 21.0 Å². The molecule has 8 nitrogen and oxygen atoms in total. The van der Waals surface area contributed by atoms with Gasteiger partial charge in [-0.3, -0.25) is 4.90 Å². The van der Waals surface area contributed by atoms with Crippen molar-refractivity contribution in [2.75, 3.05) is 23.5 Å². The third-order valence-electron chi connectivity index (χ3n) is 3.43. The van der Waals surface area contributed by atoms with E-state index in [0.717, 1.165) is 4.91 Å². The quantitative estimate of drug-likeness (QED) is 0.569. The molecule has 0 radical (unpaired) electrons. The summed E-state index contributed by atoms with van der Waals surface area (Å²) in [5, 5.41) is 9.17. The number of anilines is 2. The van der Waals surface area contributed by atoms with Crippen LogP contribution in [0.2, 0.25) is 0 Å². The molecule has 122 valence electrons. The Bertz CT molecular complexity index is 720. The van der Waals surface area contributed by atoms with E-state index in [1.165, 1.54) is 11.1 Å². The molecule has 0 saturated carbocycles. The lowest BCUT2D eigenvalue weighted by Gasteiger charge is -2.26. The number of rotatable bonds is 4. The van der Waals surface area contributed by atoms with Gasteiger partial charge in [0.05, 0.1) is 29.4 Å². The fourth-order valence-corrected chi connectivity index (χ4v) is 6.62. The van der Waals surface area contributed by atoms with Crippen LogP contribution in [0, 0.1) is 6.92 Å². The van der Waals surface area contributed by atoms with Crippen LogP contribution < -0.4 is 10.6 Å². The number of hydrogen-bond acceptors (Lipinski definition) is 8. The minimum atomic E-state index is -4.61. The first-order chi connectivity index (χ1) is 10.2. The number of hydrogen-bond donors (Lipinski definition) is 2. The summed E-state index contributed by atoms with van der Waals surface area (Å²) in [6.07, 6.45) is 3.40. The fourth-order valence-electron chi connectivity index (χ4n) is 2.52. The van der Waals surface area contributed by atoms with E-state index in [0.29, 0.717) is 23.6 Å². The van der Waals surface area contributed by atoms with Crippen molar-refractivity contribution in [3.8, 4) is 0 Å². The highest BCUT2D eigenvalue weighted by molar-refractivity contribution is 8.12. The predicted octanol–water partition coefficient (Wildman–Crippen LogP) is -0.122. The number of aryl methyl sites for hydroxylation is 1. The Hall–Kier alpha value is -1.36. The smallest absolute Gasteiger partial charge is 0.289 e. The number of nitrogens with zero attached hydrogens (tertiary/aromatic N) is 3. The molecule has 2 rings (SSSR count). The number of aliphatic hydroxyl groups is 1. The number of aliphatic hydroxyl groups excluding tert-OH is 1. The molecule has 0 fully saturated rings. The number of nitrogens with two attached hydrogens (primary N) is 1. The van der Waals surface area contributed by atoms with Crippen molar-refractivity contribution in [1.29, 1.82) is 0 Å². The maximum atomic E-state index is 11.7. The highest BCUT2D eigenvalue weighted by Crippen LogP contribution is 2.41. The summed E-state index contributed by atoms with van der Waals surface area (Å²) in [6.45, 7) is 3.25. The summed E-state index contributed by atoms with van der Waals surface area (Å²) in [5.41, 5.74) is 6.77. The van der Waals surface area contributed by atoms with E-state index in [9.17, 15) is 18.1 Å². The van der Waals surface area contributed by atoms with Crippen LogP contribution in [0.5, 0.6) is 0 Å². The van der Waals surface area contributed by atoms with Gasteiger partial charge in [-0.1, -0.05) is 0 Å². The van der Waals surface area contributed by atoms with Gasteiger partial charge in [-0.15, -0.1) is 0 Å². The topological polar surface area (TPSA) is 132 Å². The first kappa shape index (κ1) is 17.0. The van der Waals surface area contributed by atoms with Crippen molar-refractivity contribution in [1.82, 2.24) is 9.97 Å². The van der Waals surface area contributed by atoms with Gasteiger partial charge < -0.3 is 15.4 Å². The maximum absolute atomic E-state index is 11.7. The minimum absolute atomic E-state index is 0.114. The zero-order valence-electron chi connectivity index (χ0n) is 12.5. The molecule has 0 aliphatic carbocycles. The number of aromatic nitrogens is 2. The molecule has 0 aromatic carbocycles. The van der Waals surface area contributed by atoms with Crippen LogP contribution in [0.1, 0.15) is 19.2 Å². The van der Waals surface area contributed by atoms with E-state index in [1.807, 2.05) is 0 Å². The Balaban J connectivity index is 2.62. The second-order valence-corrected chi connectivity index (χ2v) is 8.68. The second kappa shape index (κ2) is 6.03.